The molecule has 5 rings (SSSR count). The molecular weight excluding hydrogens is 494 g/mol. The van der Waals surface area contributed by atoms with Gasteiger partial charge in [0.1, 0.15) is 17.6 Å². The van der Waals surface area contributed by atoms with Gasteiger partial charge in [-0.25, -0.2) is 15.0 Å². The Bertz CT molecular complexity index is 1410. The van der Waals surface area contributed by atoms with E-state index in [1.165, 1.54) is 11.2 Å². The molecule has 0 unspecified atom stereocenters. The molecule has 2 heterocycles. The number of benzene rings is 2. The summed E-state index contributed by atoms with van der Waals surface area (Å²) in [6.07, 6.45) is 3.76. The van der Waals surface area contributed by atoms with E-state index in [-0.39, 0.29) is 37.0 Å². The zero-order valence-electron chi connectivity index (χ0n) is 21.3. The maximum absolute atomic E-state index is 13.7. The second-order valence-corrected chi connectivity index (χ2v) is 9.44. The third kappa shape index (κ3) is 5.50. The monoisotopic (exact) mass is 522 g/mol. The van der Waals surface area contributed by atoms with Gasteiger partial charge in [-0.3, -0.25) is 4.79 Å². The maximum Gasteiger partial charge on any atom is 0.345 e. The van der Waals surface area contributed by atoms with E-state index >= 15 is 0 Å². The third-order valence-electron chi connectivity index (χ3n) is 6.37. The summed E-state index contributed by atoms with van der Waals surface area (Å²) in [5, 5.41) is 0. The van der Waals surface area contributed by atoms with Gasteiger partial charge in [-0.1, -0.05) is 12.1 Å². The van der Waals surface area contributed by atoms with Crippen LogP contribution in [0.25, 0.3) is 22.2 Å². The number of halogens is 2. The predicted octanol–water partition coefficient (Wildman–Crippen LogP) is 5.76. The number of aryl methyl sites for hydroxylation is 1. The highest BCUT2D eigenvalue weighted by Gasteiger charge is 2.47. The van der Waals surface area contributed by atoms with Crippen molar-refractivity contribution in [3.63, 3.8) is 0 Å². The molecule has 1 fully saturated rings. The first-order chi connectivity index (χ1) is 18.3. The lowest BCUT2D eigenvalue weighted by atomic mass is 10.0. The Hall–Kier alpha value is -3.92. The van der Waals surface area contributed by atoms with Gasteiger partial charge < -0.3 is 18.8 Å². The zero-order chi connectivity index (χ0) is 26.8. The van der Waals surface area contributed by atoms with Crippen LogP contribution in [0.5, 0.6) is 5.75 Å². The molecule has 1 amide bonds. The number of oxazole rings is 1. The van der Waals surface area contributed by atoms with Crippen molar-refractivity contribution >= 4 is 22.7 Å². The molecule has 2 aromatic heterocycles. The Labute approximate surface area is 218 Å². The highest BCUT2D eigenvalue weighted by Crippen LogP contribution is 2.48. The van der Waals surface area contributed by atoms with E-state index in [4.69, 9.17) is 9.15 Å². The molecule has 38 heavy (non-hydrogen) atoms. The molecule has 198 valence electrons. The standard InChI is InChI=1S/C28H28F2N4O4/c1-16(2)37-19-6-4-18(5-7-19)20-8-9-24(25-26(20)38-17(3)33-25)34(12-13-36-28(29)30)27(35)22-14-21(22)23-10-11-31-15-32-23/h4-11,15-16,21-22,28H,12-14H2,1-3H3/t21-,22-/m1/s1. The molecule has 1 saturated carbocycles. The summed E-state index contributed by atoms with van der Waals surface area (Å²) >= 11 is 0. The van der Waals surface area contributed by atoms with E-state index < -0.39 is 6.61 Å². The maximum atomic E-state index is 13.7. The summed E-state index contributed by atoms with van der Waals surface area (Å²) in [5.41, 5.74) is 3.93. The number of amides is 1. The summed E-state index contributed by atoms with van der Waals surface area (Å²) in [7, 11) is 0. The SMILES string of the molecule is Cc1nc2c(N(CCOC(F)F)C(=O)[C@@H]3C[C@H]3c3ccncn3)ccc(-c3ccc(OC(C)C)cc3)c2o1. The molecule has 0 bridgehead atoms. The quantitative estimate of drug-likeness (QED) is 0.262. The van der Waals surface area contributed by atoms with Crippen LogP contribution in [0.1, 0.15) is 37.8 Å². The van der Waals surface area contributed by atoms with Crippen molar-refractivity contribution in [3.8, 4) is 16.9 Å². The molecule has 4 aromatic rings. The number of fused-ring (bicyclic) bond motifs is 1. The van der Waals surface area contributed by atoms with Gasteiger partial charge in [-0.2, -0.15) is 8.78 Å². The van der Waals surface area contributed by atoms with Crippen LogP contribution in [0.3, 0.4) is 0 Å². The number of aromatic nitrogens is 3. The molecule has 0 spiro atoms. The van der Waals surface area contributed by atoms with Crippen molar-refractivity contribution in [2.24, 2.45) is 5.92 Å². The van der Waals surface area contributed by atoms with Crippen LogP contribution < -0.4 is 9.64 Å². The molecule has 1 aliphatic carbocycles. The van der Waals surface area contributed by atoms with Crippen LogP contribution in [-0.2, 0) is 9.53 Å². The molecule has 10 heteroatoms. The first kappa shape index (κ1) is 25.7. The van der Waals surface area contributed by atoms with Gasteiger partial charge in [0.2, 0.25) is 5.91 Å². The second kappa shape index (κ2) is 10.8. The Morgan fingerprint density at radius 2 is 1.95 bits per heavy atom. The van der Waals surface area contributed by atoms with E-state index in [0.29, 0.717) is 29.1 Å². The summed E-state index contributed by atoms with van der Waals surface area (Å²) < 4.78 is 41.7. The second-order valence-electron chi connectivity index (χ2n) is 9.44. The lowest BCUT2D eigenvalue weighted by molar-refractivity contribution is -0.130. The average molecular weight is 523 g/mol. The zero-order valence-corrected chi connectivity index (χ0v) is 21.3. The normalized spacial score (nSPS) is 16.8. The van der Waals surface area contributed by atoms with Gasteiger partial charge >= 0.3 is 6.61 Å². The molecule has 2 atom stereocenters. The van der Waals surface area contributed by atoms with Gasteiger partial charge in [0.05, 0.1) is 18.4 Å². The molecule has 1 aliphatic rings. The minimum atomic E-state index is -2.93. The van der Waals surface area contributed by atoms with E-state index in [1.54, 1.807) is 25.3 Å². The fourth-order valence-corrected chi connectivity index (χ4v) is 4.63. The van der Waals surface area contributed by atoms with Crippen LogP contribution in [0.15, 0.2) is 59.4 Å². The first-order valence-electron chi connectivity index (χ1n) is 12.5. The summed E-state index contributed by atoms with van der Waals surface area (Å²) in [4.78, 5) is 27.9. The smallest absolute Gasteiger partial charge is 0.345 e. The van der Waals surface area contributed by atoms with E-state index in [2.05, 4.69) is 19.7 Å². The molecule has 8 nitrogen and oxygen atoms in total. The van der Waals surface area contributed by atoms with Gasteiger partial charge in [0, 0.05) is 42.8 Å². The third-order valence-corrected chi connectivity index (χ3v) is 6.37. The molecular formula is C28H28F2N4O4. The largest absolute Gasteiger partial charge is 0.491 e. The minimum Gasteiger partial charge on any atom is -0.491 e. The number of carbonyl (C=O) groups is 1. The lowest BCUT2D eigenvalue weighted by Crippen LogP contribution is -2.36. The number of ether oxygens (including phenoxy) is 2. The molecule has 0 radical (unpaired) electrons. The van der Waals surface area contributed by atoms with Crippen LogP contribution in [0.2, 0.25) is 0 Å². The number of alkyl halides is 2. The topological polar surface area (TPSA) is 90.6 Å². The highest BCUT2D eigenvalue weighted by molar-refractivity contribution is 6.06. The predicted molar refractivity (Wildman–Crippen MR) is 137 cm³/mol. The summed E-state index contributed by atoms with van der Waals surface area (Å²) in [6, 6.07) is 13.0. The van der Waals surface area contributed by atoms with Gasteiger partial charge in [0.15, 0.2) is 11.5 Å². The van der Waals surface area contributed by atoms with Gasteiger partial charge in [-0.05, 0) is 56.2 Å². The van der Waals surface area contributed by atoms with Crippen molar-refractivity contribution in [2.45, 2.75) is 45.8 Å². The number of rotatable bonds is 10. The molecule has 0 aliphatic heterocycles. The van der Waals surface area contributed by atoms with Crippen molar-refractivity contribution in [2.75, 3.05) is 18.1 Å². The first-order valence-corrected chi connectivity index (χ1v) is 12.5. The lowest BCUT2D eigenvalue weighted by Gasteiger charge is -2.24. The van der Waals surface area contributed by atoms with Crippen LogP contribution in [0.4, 0.5) is 14.5 Å². The van der Waals surface area contributed by atoms with Crippen molar-refractivity contribution < 1.29 is 27.5 Å². The van der Waals surface area contributed by atoms with Crippen molar-refractivity contribution in [1.82, 2.24) is 15.0 Å². The Morgan fingerprint density at radius 1 is 1.16 bits per heavy atom. The number of hydrogen-bond acceptors (Lipinski definition) is 7. The van der Waals surface area contributed by atoms with E-state index in [1.807, 2.05) is 44.2 Å². The summed E-state index contributed by atoms with van der Waals surface area (Å²) in [5.74, 6) is 0.604. The minimum absolute atomic E-state index is 0.0515. The van der Waals surface area contributed by atoms with Crippen LogP contribution in [0, 0.1) is 12.8 Å². The Kier molecular flexibility index (Phi) is 7.33. The highest BCUT2D eigenvalue weighted by atomic mass is 19.3. The van der Waals surface area contributed by atoms with Crippen LogP contribution in [-0.4, -0.2) is 46.7 Å². The van der Waals surface area contributed by atoms with Crippen LogP contribution >= 0.6 is 0 Å². The fraction of sp³-hybridized carbons (Fsp3) is 0.357. The molecule has 0 saturated heterocycles. The van der Waals surface area contributed by atoms with Crippen molar-refractivity contribution in [1.29, 1.82) is 0 Å². The number of nitrogens with zero attached hydrogens (tertiary/aromatic N) is 4. The van der Waals surface area contributed by atoms with E-state index in [0.717, 1.165) is 22.6 Å². The Balaban J connectivity index is 1.48. The molecule has 2 aromatic carbocycles. The Morgan fingerprint density at radius 3 is 2.63 bits per heavy atom. The van der Waals surface area contributed by atoms with Crippen molar-refractivity contribution in [3.05, 3.63) is 66.6 Å². The average Bonchev–Trinajstić information content (AvgIpc) is 3.60. The van der Waals surface area contributed by atoms with Gasteiger partial charge in [-0.15, -0.1) is 0 Å². The van der Waals surface area contributed by atoms with Gasteiger partial charge in [0.25, 0.3) is 0 Å². The molecule has 0 N–H and O–H groups in total. The van der Waals surface area contributed by atoms with E-state index in [9.17, 15) is 13.6 Å². The number of anilines is 1. The summed E-state index contributed by atoms with van der Waals surface area (Å²) in [6.45, 7) is 2.34. The fourth-order valence-electron chi connectivity index (χ4n) is 4.63. The number of carbonyl (C=O) groups excluding carboxylic acids is 1. The number of hydrogen-bond donors (Lipinski definition) is 0.